The molecule has 1 saturated heterocycles. The molecule has 1 N–H and O–H groups in total. The molecule has 1 aliphatic heterocycles. The summed E-state index contributed by atoms with van der Waals surface area (Å²) in [5.74, 6) is -3.99. The van der Waals surface area contributed by atoms with Crippen molar-refractivity contribution in [2.45, 2.75) is 12.3 Å². The molecular formula is C13H15F4N2O. The highest BCUT2D eigenvalue weighted by atomic mass is 19.3. The third kappa shape index (κ3) is 3.75. The Hall–Kier alpha value is -1.50. The van der Waals surface area contributed by atoms with E-state index in [9.17, 15) is 17.6 Å². The van der Waals surface area contributed by atoms with Crippen LogP contribution in [0.1, 0.15) is 0 Å². The van der Waals surface area contributed by atoms with Crippen molar-refractivity contribution in [3.8, 4) is 5.75 Å². The number of halogens is 4. The predicted molar refractivity (Wildman–Crippen MR) is 67.4 cm³/mol. The van der Waals surface area contributed by atoms with Crippen LogP contribution in [0.15, 0.2) is 24.3 Å². The number of ether oxygens (including phenoxy) is 1. The lowest BCUT2D eigenvalue weighted by molar-refractivity contribution is -0.148. The fraction of sp³-hybridized carbons (Fsp3) is 0.462. The number of piperazine rings is 1. The predicted octanol–water partition coefficient (Wildman–Crippen LogP) is 2.54. The summed E-state index contributed by atoms with van der Waals surface area (Å²) >= 11 is 0. The lowest BCUT2D eigenvalue weighted by Gasteiger charge is -2.28. The molecule has 1 heterocycles. The normalized spacial score (nSPS) is 16.6. The largest absolute Gasteiger partial charge is 0.487 e. The van der Waals surface area contributed by atoms with E-state index in [4.69, 9.17) is 4.74 Å². The highest BCUT2D eigenvalue weighted by Gasteiger charge is 2.41. The summed E-state index contributed by atoms with van der Waals surface area (Å²) < 4.78 is 54.1. The van der Waals surface area contributed by atoms with E-state index in [1.54, 1.807) is 12.1 Å². The van der Waals surface area contributed by atoms with Gasteiger partial charge in [0.1, 0.15) is 5.75 Å². The van der Waals surface area contributed by atoms with Crippen LogP contribution in [0.2, 0.25) is 0 Å². The molecule has 1 aromatic carbocycles. The average Bonchev–Trinajstić information content (AvgIpc) is 2.46. The van der Waals surface area contributed by atoms with Crippen molar-refractivity contribution in [2.24, 2.45) is 0 Å². The summed E-state index contributed by atoms with van der Waals surface area (Å²) in [5, 5.41) is 3.17. The second-order valence-electron chi connectivity index (χ2n) is 4.42. The molecule has 1 aromatic rings. The van der Waals surface area contributed by atoms with Crippen molar-refractivity contribution in [3.63, 3.8) is 0 Å². The third-order valence-electron chi connectivity index (χ3n) is 2.90. The molecule has 0 atom stereocenters. The quantitative estimate of drug-likeness (QED) is 0.844. The van der Waals surface area contributed by atoms with Crippen LogP contribution in [-0.4, -0.2) is 38.6 Å². The molecule has 2 rings (SSSR count). The fourth-order valence-electron chi connectivity index (χ4n) is 1.78. The van der Waals surface area contributed by atoms with E-state index in [-0.39, 0.29) is 5.75 Å². The molecule has 0 bridgehead atoms. The number of rotatable bonds is 5. The van der Waals surface area contributed by atoms with Gasteiger partial charge in [0.05, 0.1) is 6.54 Å². The molecule has 1 aliphatic rings. The summed E-state index contributed by atoms with van der Waals surface area (Å²) in [6, 6.07) is 6.40. The first-order valence-electron chi connectivity index (χ1n) is 6.18. The van der Waals surface area contributed by atoms with E-state index in [2.05, 4.69) is 5.32 Å². The van der Waals surface area contributed by atoms with Crippen LogP contribution in [0.5, 0.6) is 5.75 Å². The zero-order valence-electron chi connectivity index (χ0n) is 10.7. The zero-order chi connectivity index (χ0) is 14.6. The molecule has 7 heteroatoms. The monoisotopic (exact) mass is 291 g/mol. The van der Waals surface area contributed by atoms with E-state index in [0.717, 1.165) is 25.3 Å². The van der Waals surface area contributed by atoms with Gasteiger partial charge in [0, 0.05) is 25.3 Å². The maximum absolute atomic E-state index is 12.7. The van der Waals surface area contributed by atoms with Crippen molar-refractivity contribution in [1.82, 2.24) is 5.32 Å². The van der Waals surface area contributed by atoms with Crippen LogP contribution in [-0.2, 0) is 0 Å². The molecule has 20 heavy (non-hydrogen) atoms. The second-order valence-corrected chi connectivity index (χ2v) is 4.42. The number of hydrogen-bond acceptors (Lipinski definition) is 3. The molecular weight excluding hydrogens is 276 g/mol. The molecule has 0 unspecified atom stereocenters. The van der Waals surface area contributed by atoms with Crippen molar-refractivity contribution >= 4 is 5.69 Å². The van der Waals surface area contributed by atoms with Gasteiger partial charge in [-0.2, -0.15) is 8.78 Å². The van der Waals surface area contributed by atoms with Crippen molar-refractivity contribution in [3.05, 3.63) is 30.8 Å². The van der Waals surface area contributed by atoms with Gasteiger partial charge in [-0.15, -0.1) is 0 Å². The molecule has 0 amide bonds. The SMILES string of the molecule is FC(F)C(F)(F)COc1ccc(N2[CH]CNCC2)cc1. The Morgan fingerprint density at radius 3 is 2.50 bits per heavy atom. The third-order valence-corrected chi connectivity index (χ3v) is 2.90. The average molecular weight is 291 g/mol. The lowest BCUT2D eigenvalue weighted by atomic mass is 10.2. The summed E-state index contributed by atoms with van der Waals surface area (Å²) in [4.78, 5) is 2.02. The fourth-order valence-corrected chi connectivity index (χ4v) is 1.78. The van der Waals surface area contributed by atoms with Crippen LogP contribution < -0.4 is 15.0 Å². The molecule has 0 saturated carbocycles. The maximum atomic E-state index is 12.7. The number of benzene rings is 1. The smallest absolute Gasteiger partial charge is 0.340 e. The summed E-state index contributed by atoms with van der Waals surface area (Å²) in [7, 11) is 0. The highest BCUT2D eigenvalue weighted by Crippen LogP contribution is 2.25. The van der Waals surface area contributed by atoms with E-state index in [0.29, 0.717) is 0 Å². The number of alkyl halides is 4. The Bertz CT molecular complexity index is 419. The molecule has 1 fully saturated rings. The molecule has 0 spiro atoms. The minimum Gasteiger partial charge on any atom is -0.487 e. The first-order valence-corrected chi connectivity index (χ1v) is 6.18. The van der Waals surface area contributed by atoms with Crippen LogP contribution in [0.25, 0.3) is 0 Å². The highest BCUT2D eigenvalue weighted by molar-refractivity contribution is 5.51. The van der Waals surface area contributed by atoms with E-state index >= 15 is 0 Å². The van der Waals surface area contributed by atoms with Gasteiger partial charge in [-0.25, -0.2) is 8.78 Å². The van der Waals surface area contributed by atoms with Gasteiger partial charge in [-0.05, 0) is 24.3 Å². The van der Waals surface area contributed by atoms with Gasteiger partial charge >= 0.3 is 12.3 Å². The van der Waals surface area contributed by atoms with Crippen LogP contribution >= 0.6 is 0 Å². The lowest BCUT2D eigenvalue weighted by Crippen LogP contribution is -2.39. The maximum Gasteiger partial charge on any atom is 0.340 e. The van der Waals surface area contributed by atoms with Gasteiger partial charge in [0.15, 0.2) is 6.61 Å². The molecule has 0 aromatic heterocycles. The van der Waals surface area contributed by atoms with Crippen LogP contribution in [0, 0.1) is 6.54 Å². The van der Waals surface area contributed by atoms with Gasteiger partial charge < -0.3 is 15.0 Å². The van der Waals surface area contributed by atoms with Gasteiger partial charge in [0.2, 0.25) is 0 Å². The molecule has 0 aliphatic carbocycles. The van der Waals surface area contributed by atoms with Gasteiger partial charge in [-0.1, -0.05) is 0 Å². The first-order chi connectivity index (χ1) is 9.49. The molecule has 1 radical (unpaired) electrons. The van der Waals surface area contributed by atoms with Crippen LogP contribution in [0.4, 0.5) is 23.2 Å². The van der Waals surface area contributed by atoms with Crippen molar-refractivity contribution < 1.29 is 22.3 Å². The number of hydrogen-bond donors (Lipinski definition) is 1. The topological polar surface area (TPSA) is 24.5 Å². The van der Waals surface area contributed by atoms with E-state index in [1.807, 2.05) is 11.4 Å². The van der Waals surface area contributed by atoms with Crippen molar-refractivity contribution in [1.29, 1.82) is 0 Å². The molecule has 3 nitrogen and oxygen atoms in total. The van der Waals surface area contributed by atoms with E-state index < -0.39 is 19.0 Å². The summed E-state index contributed by atoms with van der Waals surface area (Å²) in [5.41, 5.74) is 0.902. The van der Waals surface area contributed by atoms with Crippen LogP contribution in [0.3, 0.4) is 0 Å². The van der Waals surface area contributed by atoms with E-state index in [1.165, 1.54) is 12.1 Å². The Labute approximate surface area is 114 Å². The first kappa shape index (κ1) is 14.9. The van der Waals surface area contributed by atoms with Crippen molar-refractivity contribution in [2.75, 3.05) is 31.1 Å². The van der Waals surface area contributed by atoms with Gasteiger partial charge in [-0.3, -0.25) is 0 Å². The minimum absolute atomic E-state index is 0.143. The van der Waals surface area contributed by atoms with Gasteiger partial charge in [0.25, 0.3) is 0 Å². The Morgan fingerprint density at radius 1 is 1.25 bits per heavy atom. The summed E-state index contributed by atoms with van der Waals surface area (Å²) in [6.45, 7) is 3.08. The molecule has 111 valence electrons. The summed E-state index contributed by atoms with van der Waals surface area (Å²) in [6.07, 6.45) is -3.72. The number of nitrogens with one attached hydrogen (secondary N) is 1. The minimum atomic E-state index is -4.13. The Kier molecular flexibility index (Phi) is 4.69. The number of anilines is 1. The zero-order valence-corrected chi connectivity index (χ0v) is 10.7. The second kappa shape index (κ2) is 6.30. The number of nitrogens with zero attached hydrogens (tertiary/aromatic N) is 1. The standard InChI is InChI=1S/C13H15F4N2O/c14-12(15)13(16,17)9-20-11-3-1-10(2-4-11)19-7-5-18-6-8-19/h1-4,7,12,18H,5-6,8-9H2. The Morgan fingerprint density at radius 2 is 1.95 bits per heavy atom. The Balaban J connectivity index is 1.91.